The number of aromatic nitrogens is 3. The third kappa shape index (κ3) is 2.64. The summed E-state index contributed by atoms with van der Waals surface area (Å²) in [6.45, 7) is 0. The fourth-order valence-electron chi connectivity index (χ4n) is 2.74. The lowest BCUT2D eigenvalue weighted by atomic mass is 9.81. The van der Waals surface area contributed by atoms with Gasteiger partial charge in [0.2, 0.25) is 0 Å². The molecule has 0 amide bonds. The summed E-state index contributed by atoms with van der Waals surface area (Å²) in [6, 6.07) is 6.82. The molecule has 0 aliphatic heterocycles. The van der Waals surface area contributed by atoms with Crippen LogP contribution in [0.5, 0.6) is 0 Å². The van der Waals surface area contributed by atoms with Crippen LogP contribution in [0.2, 0.25) is 0 Å². The molecule has 0 radical (unpaired) electrons. The standard InChI is InChI=1S/C16H13N3O4/c20-15(21)13(16(22)23)12(9-3-1-5-17-7-9)11-8-19-14-10(11)4-2-6-18-14/h1-8,12-13H,(H,18,19)(H,20,21)(H,22,23). The Morgan fingerprint density at radius 1 is 1.09 bits per heavy atom. The van der Waals surface area contributed by atoms with E-state index in [0.717, 1.165) is 0 Å². The Morgan fingerprint density at radius 3 is 2.48 bits per heavy atom. The molecule has 0 spiro atoms. The molecule has 23 heavy (non-hydrogen) atoms. The number of fused-ring (bicyclic) bond motifs is 1. The smallest absolute Gasteiger partial charge is 0.318 e. The van der Waals surface area contributed by atoms with Crippen molar-refractivity contribution >= 4 is 23.0 Å². The van der Waals surface area contributed by atoms with Gasteiger partial charge in [0.1, 0.15) is 5.65 Å². The maximum Gasteiger partial charge on any atom is 0.318 e. The minimum Gasteiger partial charge on any atom is -0.481 e. The van der Waals surface area contributed by atoms with Gasteiger partial charge in [-0.15, -0.1) is 0 Å². The van der Waals surface area contributed by atoms with Crippen LogP contribution in [0.15, 0.2) is 49.1 Å². The molecule has 3 aromatic rings. The molecule has 1 atom stereocenters. The molecule has 0 bridgehead atoms. The largest absolute Gasteiger partial charge is 0.481 e. The van der Waals surface area contributed by atoms with Gasteiger partial charge in [0, 0.05) is 36.1 Å². The highest BCUT2D eigenvalue weighted by Crippen LogP contribution is 2.36. The number of aromatic amines is 1. The van der Waals surface area contributed by atoms with E-state index in [9.17, 15) is 19.8 Å². The third-order valence-electron chi connectivity index (χ3n) is 3.73. The van der Waals surface area contributed by atoms with Crippen molar-refractivity contribution in [2.75, 3.05) is 0 Å². The number of carboxylic acids is 2. The first-order valence-corrected chi connectivity index (χ1v) is 6.87. The average molecular weight is 311 g/mol. The van der Waals surface area contributed by atoms with E-state index in [2.05, 4.69) is 15.0 Å². The van der Waals surface area contributed by atoms with Crippen molar-refractivity contribution in [3.63, 3.8) is 0 Å². The summed E-state index contributed by atoms with van der Waals surface area (Å²) >= 11 is 0. The molecule has 0 fully saturated rings. The molecule has 3 aromatic heterocycles. The van der Waals surface area contributed by atoms with E-state index in [0.29, 0.717) is 22.2 Å². The van der Waals surface area contributed by atoms with E-state index < -0.39 is 23.8 Å². The van der Waals surface area contributed by atoms with Gasteiger partial charge >= 0.3 is 11.9 Å². The Hall–Kier alpha value is -3.22. The Balaban J connectivity index is 2.23. The highest BCUT2D eigenvalue weighted by Gasteiger charge is 2.38. The van der Waals surface area contributed by atoms with Gasteiger partial charge in [0.15, 0.2) is 5.92 Å². The second-order valence-electron chi connectivity index (χ2n) is 5.06. The summed E-state index contributed by atoms with van der Waals surface area (Å²) in [4.78, 5) is 34.2. The lowest BCUT2D eigenvalue weighted by molar-refractivity contribution is -0.155. The fourth-order valence-corrected chi connectivity index (χ4v) is 2.74. The lowest BCUT2D eigenvalue weighted by Crippen LogP contribution is -2.30. The first-order valence-electron chi connectivity index (χ1n) is 6.87. The molecule has 3 rings (SSSR count). The van der Waals surface area contributed by atoms with Gasteiger partial charge in [-0.3, -0.25) is 14.6 Å². The van der Waals surface area contributed by atoms with E-state index in [1.165, 1.54) is 6.20 Å². The zero-order valence-corrected chi connectivity index (χ0v) is 11.9. The Kier molecular flexibility index (Phi) is 3.76. The summed E-state index contributed by atoms with van der Waals surface area (Å²) in [7, 11) is 0. The van der Waals surface area contributed by atoms with Crippen LogP contribution < -0.4 is 0 Å². The molecule has 0 aromatic carbocycles. The number of rotatable bonds is 5. The van der Waals surface area contributed by atoms with Gasteiger partial charge < -0.3 is 15.2 Å². The molecule has 7 nitrogen and oxygen atoms in total. The Labute approximate surface area is 130 Å². The summed E-state index contributed by atoms with van der Waals surface area (Å²) < 4.78 is 0. The molecule has 3 N–H and O–H groups in total. The quantitative estimate of drug-likeness (QED) is 0.619. The molecule has 1 unspecified atom stereocenters. The first kappa shape index (κ1) is 14.7. The number of pyridine rings is 2. The molecule has 0 saturated carbocycles. The van der Waals surface area contributed by atoms with Crippen molar-refractivity contribution in [2.24, 2.45) is 5.92 Å². The van der Waals surface area contributed by atoms with E-state index in [1.54, 1.807) is 42.9 Å². The monoisotopic (exact) mass is 311 g/mol. The van der Waals surface area contributed by atoms with Crippen LogP contribution in [0.3, 0.4) is 0 Å². The highest BCUT2D eigenvalue weighted by molar-refractivity contribution is 5.96. The SMILES string of the molecule is O=C(O)C(C(=O)O)C(c1cccnc1)c1c[nH]c2ncccc12. The number of nitrogens with zero attached hydrogens (tertiary/aromatic N) is 2. The molecular formula is C16H13N3O4. The van der Waals surface area contributed by atoms with Crippen molar-refractivity contribution in [2.45, 2.75) is 5.92 Å². The van der Waals surface area contributed by atoms with Crippen LogP contribution in [0.1, 0.15) is 17.0 Å². The molecule has 3 heterocycles. The van der Waals surface area contributed by atoms with Crippen LogP contribution in [0.25, 0.3) is 11.0 Å². The number of hydrogen-bond donors (Lipinski definition) is 3. The van der Waals surface area contributed by atoms with Gasteiger partial charge in [-0.1, -0.05) is 6.07 Å². The van der Waals surface area contributed by atoms with Crippen molar-refractivity contribution in [1.82, 2.24) is 15.0 Å². The number of aliphatic carboxylic acids is 2. The molecule has 116 valence electrons. The maximum absolute atomic E-state index is 11.6. The van der Waals surface area contributed by atoms with Crippen LogP contribution in [-0.2, 0) is 9.59 Å². The highest BCUT2D eigenvalue weighted by atomic mass is 16.4. The topological polar surface area (TPSA) is 116 Å². The van der Waals surface area contributed by atoms with E-state index >= 15 is 0 Å². The second kappa shape index (κ2) is 5.88. The van der Waals surface area contributed by atoms with Gasteiger partial charge in [0.25, 0.3) is 0 Å². The molecular weight excluding hydrogens is 298 g/mol. The van der Waals surface area contributed by atoms with Crippen LogP contribution in [-0.4, -0.2) is 37.1 Å². The van der Waals surface area contributed by atoms with Gasteiger partial charge in [0.05, 0.1) is 0 Å². The lowest BCUT2D eigenvalue weighted by Gasteiger charge is -2.21. The van der Waals surface area contributed by atoms with Crippen molar-refractivity contribution in [3.05, 3.63) is 60.2 Å². The van der Waals surface area contributed by atoms with Gasteiger partial charge in [-0.2, -0.15) is 0 Å². The van der Waals surface area contributed by atoms with E-state index in [1.807, 2.05) is 0 Å². The average Bonchev–Trinajstić information content (AvgIpc) is 2.96. The summed E-state index contributed by atoms with van der Waals surface area (Å²) in [6.07, 6.45) is 6.24. The first-order chi connectivity index (χ1) is 11.1. The van der Waals surface area contributed by atoms with Crippen LogP contribution >= 0.6 is 0 Å². The minimum atomic E-state index is -1.63. The number of carboxylic acid groups (broad SMARTS) is 2. The van der Waals surface area contributed by atoms with Crippen molar-refractivity contribution < 1.29 is 19.8 Å². The second-order valence-corrected chi connectivity index (χ2v) is 5.06. The van der Waals surface area contributed by atoms with Crippen LogP contribution in [0.4, 0.5) is 0 Å². The van der Waals surface area contributed by atoms with Crippen molar-refractivity contribution in [1.29, 1.82) is 0 Å². The molecule has 0 saturated heterocycles. The predicted molar refractivity (Wildman–Crippen MR) is 80.9 cm³/mol. The summed E-state index contributed by atoms with van der Waals surface area (Å²) in [5.74, 6) is -5.30. The maximum atomic E-state index is 11.6. The van der Waals surface area contributed by atoms with Crippen LogP contribution in [0, 0.1) is 5.92 Å². The van der Waals surface area contributed by atoms with E-state index in [-0.39, 0.29) is 0 Å². The number of hydrogen-bond acceptors (Lipinski definition) is 4. The number of carbonyl (C=O) groups is 2. The summed E-state index contributed by atoms with van der Waals surface area (Å²) in [5, 5.41) is 19.5. The third-order valence-corrected chi connectivity index (χ3v) is 3.73. The predicted octanol–water partition coefficient (Wildman–Crippen LogP) is 1.88. The fraction of sp³-hybridized carbons (Fsp3) is 0.125. The zero-order valence-electron chi connectivity index (χ0n) is 11.9. The van der Waals surface area contributed by atoms with Gasteiger partial charge in [-0.05, 0) is 29.3 Å². The molecule has 0 aliphatic rings. The Morgan fingerprint density at radius 2 is 1.83 bits per heavy atom. The van der Waals surface area contributed by atoms with E-state index in [4.69, 9.17) is 0 Å². The minimum absolute atomic E-state index is 0.520. The normalized spacial score (nSPS) is 12.4. The molecule has 0 aliphatic carbocycles. The number of H-pyrrole nitrogens is 1. The molecule has 7 heteroatoms. The van der Waals surface area contributed by atoms with Gasteiger partial charge in [-0.25, -0.2) is 4.98 Å². The number of nitrogens with one attached hydrogen (secondary N) is 1. The Bertz CT molecular complexity index is 846. The van der Waals surface area contributed by atoms with Crippen molar-refractivity contribution in [3.8, 4) is 0 Å². The zero-order chi connectivity index (χ0) is 16.4. The summed E-state index contributed by atoms with van der Waals surface area (Å²) in [5.41, 5.74) is 1.66.